The second-order valence-corrected chi connectivity index (χ2v) is 8.25. The van der Waals surface area contributed by atoms with Crippen LogP contribution in [0.25, 0.3) is 0 Å². The third kappa shape index (κ3) is 8.93. The van der Waals surface area contributed by atoms with Crippen molar-refractivity contribution in [1.29, 1.82) is 0 Å². The molecule has 0 radical (unpaired) electrons. The van der Waals surface area contributed by atoms with E-state index in [0.717, 1.165) is 45.3 Å². The molecule has 0 aromatic rings. The molecular formula is C15H31NO3S. The van der Waals surface area contributed by atoms with Crippen LogP contribution in [0.2, 0.25) is 0 Å². The summed E-state index contributed by atoms with van der Waals surface area (Å²) in [5, 5.41) is 3.54. The van der Waals surface area contributed by atoms with Crippen LogP contribution in [0.4, 0.5) is 0 Å². The summed E-state index contributed by atoms with van der Waals surface area (Å²) in [4.78, 5) is 0. The fourth-order valence-electron chi connectivity index (χ4n) is 2.71. The maximum atomic E-state index is 11.2. The van der Waals surface area contributed by atoms with Crippen molar-refractivity contribution in [3.8, 4) is 0 Å². The number of sulfone groups is 1. The first kappa shape index (κ1) is 17.9. The summed E-state index contributed by atoms with van der Waals surface area (Å²) in [5.74, 6) is 0.303. The fourth-order valence-corrected chi connectivity index (χ4v) is 3.40. The molecule has 1 heterocycles. The molecule has 1 saturated heterocycles. The Morgan fingerprint density at radius 3 is 2.70 bits per heavy atom. The molecule has 20 heavy (non-hydrogen) atoms. The number of nitrogens with one attached hydrogen (secondary N) is 1. The van der Waals surface area contributed by atoms with Crippen LogP contribution in [0, 0.1) is 0 Å². The minimum absolute atomic E-state index is 0.303. The van der Waals surface area contributed by atoms with Gasteiger partial charge in [-0.1, -0.05) is 6.92 Å². The van der Waals surface area contributed by atoms with E-state index in [1.165, 1.54) is 25.5 Å². The highest BCUT2D eigenvalue weighted by Crippen LogP contribution is 2.19. The van der Waals surface area contributed by atoms with Gasteiger partial charge in [-0.3, -0.25) is 0 Å². The lowest BCUT2D eigenvalue weighted by atomic mass is 9.99. The topological polar surface area (TPSA) is 55.4 Å². The van der Waals surface area contributed by atoms with E-state index >= 15 is 0 Å². The Morgan fingerprint density at radius 1 is 1.30 bits per heavy atom. The molecule has 1 rings (SSSR count). The lowest BCUT2D eigenvalue weighted by Crippen LogP contribution is -2.32. The highest BCUT2D eigenvalue weighted by atomic mass is 32.2. The van der Waals surface area contributed by atoms with Gasteiger partial charge in [-0.2, -0.15) is 0 Å². The fraction of sp³-hybridized carbons (Fsp3) is 1.00. The predicted octanol–water partition coefficient (Wildman–Crippen LogP) is 2.53. The van der Waals surface area contributed by atoms with Crippen LogP contribution in [0.15, 0.2) is 0 Å². The van der Waals surface area contributed by atoms with Gasteiger partial charge < -0.3 is 10.1 Å². The maximum Gasteiger partial charge on any atom is 0.147 e. The van der Waals surface area contributed by atoms with Crippen molar-refractivity contribution in [2.75, 3.05) is 25.2 Å². The zero-order valence-corrected chi connectivity index (χ0v) is 13.9. The molecule has 1 N–H and O–H groups in total. The van der Waals surface area contributed by atoms with Crippen molar-refractivity contribution in [2.24, 2.45) is 0 Å². The summed E-state index contributed by atoms with van der Waals surface area (Å²) in [6.07, 6.45) is 10.4. The van der Waals surface area contributed by atoms with Gasteiger partial charge in [-0.05, 0) is 57.9 Å². The predicted molar refractivity (Wildman–Crippen MR) is 83.9 cm³/mol. The molecule has 1 aliphatic heterocycles. The summed E-state index contributed by atoms with van der Waals surface area (Å²) >= 11 is 0. The molecular weight excluding hydrogens is 274 g/mol. The average molecular weight is 305 g/mol. The van der Waals surface area contributed by atoms with Crippen LogP contribution < -0.4 is 5.32 Å². The van der Waals surface area contributed by atoms with Gasteiger partial charge in [0.2, 0.25) is 0 Å². The molecule has 0 aliphatic carbocycles. The van der Waals surface area contributed by atoms with Gasteiger partial charge in [-0.25, -0.2) is 8.42 Å². The van der Waals surface area contributed by atoms with E-state index in [9.17, 15) is 8.42 Å². The summed E-state index contributed by atoms with van der Waals surface area (Å²) in [6, 6.07) is 0.433. The van der Waals surface area contributed by atoms with Gasteiger partial charge in [0.15, 0.2) is 0 Å². The van der Waals surface area contributed by atoms with Crippen molar-refractivity contribution in [2.45, 2.75) is 70.4 Å². The smallest absolute Gasteiger partial charge is 0.147 e. The Morgan fingerprint density at radius 2 is 2.10 bits per heavy atom. The second-order valence-electron chi connectivity index (χ2n) is 5.99. The quantitative estimate of drug-likeness (QED) is 0.674. The molecule has 1 fully saturated rings. The molecule has 5 heteroatoms. The Kier molecular flexibility index (Phi) is 8.73. The van der Waals surface area contributed by atoms with E-state index in [-0.39, 0.29) is 0 Å². The normalized spacial score (nSPS) is 21.8. The summed E-state index contributed by atoms with van der Waals surface area (Å²) < 4.78 is 28.2. The Hall–Kier alpha value is -0.130. The van der Waals surface area contributed by atoms with E-state index in [0.29, 0.717) is 17.9 Å². The van der Waals surface area contributed by atoms with Crippen molar-refractivity contribution >= 4 is 9.84 Å². The Bertz CT molecular complexity index is 337. The highest BCUT2D eigenvalue weighted by Gasteiger charge is 2.16. The SMILES string of the molecule is CCCNC(CCCS(C)(=O)=O)CCC1CCCCO1. The third-order valence-corrected chi connectivity index (χ3v) is 4.89. The molecule has 0 spiro atoms. The largest absolute Gasteiger partial charge is 0.378 e. The van der Waals surface area contributed by atoms with Crippen molar-refractivity contribution in [3.05, 3.63) is 0 Å². The number of hydrogen-bond acceptors (Lipinski definition) is 4. The minimum atomic E-state index is -2.83. The summed E-state index contributed by atoms with van der Waals surface area (Å²) in [6.45, 7) is 4.08. The van der Waals surface area contributed by atoms with Crippen LogP contribution >= 0.6 is 0 Å². The van der Waals surface area contributed by atoms with Crippen molar-refractivity contribution in [3.63, 3.8) is 0 Å². The van der Waals surface area contributed by atoms with Crippen LogP contribution in [0.3, 0.4) is 0 Å². The molecule has 2 atom stereocenters. The molecule has 4 nitrogen and oxygen atoms in total. The second kappa shape index (κ2) is 9.74. The summed E-state index contributed by atoms with van der Waals surface area (Å²) in [7, 11) is -2.83. The third-order valence-electron chi connectivity index (χ3n) is 3.86. The molecule has 0 aromatic heterocycles. The van der Waals surface area contributed by atoms with Gasteiger partial charge in [0, 0.05) is 24.7 Å². The molecule has 1 aliphatic rings. The first-order chi connectivity index (χ1) is 9.51. The molecule has 2 unspecified atom stereocenters. The van der Waals surface area contributed by atoms with Gasteiger partial charge in [-0.15, -0.1) is 0 Å². The maximum absolute atomic E-state index is 11.2. The van der Waals surface area contributed by atoms with Gasteiger partial charge in [0.25, 0.3) is 0 Å². The van der Waals surface area contributed by atoms with E-state index in [4.69, 9.17) is 4.74 Å². The number of hydrogen-bond donors (Lipinski definition) is 1. The molecule has 0 aromatic carbocycles. The van der Waals surface area contributed by atoms with Gasteiger partial charge in [0.05, 0.1) is 6.10 Å². The van der Waals surface area contributed by atoms with Gasteiger partial charge >= 0.3 is 0 Å². The monoisotopic (exact) mass is 305 g/mol. The van der Waals surface area contributed by atoms with Crippen LogP contribution in [-0.2, 0) is 14.6 Å². The van der Waals surface area contributed by atoms with E-state index in [1.54, 1.807) is 0 Å². The number of rotatable bonds is 10. The summed E-state index contributed by atoms with van der Waals surface area (Å²) in [5.41, 5.74) is 0. The Balaban J connectivity index is 2.26. The zero-order valence-electron chi connectivity index (χ0n) is 13.1. The van der Waals surface area contributed by atoms with Crippen molar-refractivity contribution in [1.82, 2.24) is 5.32 Å². The van der Waals surface area contributed by atoms with Crippen molar-refractivity contribution < 1.29 is 13.2 Å². The lowest BCUT2D eigenvalue weighted by Gasteiger charge is -2.25. The van der Waals surface area contributed by atoms with E-state index < -0.39 is 9.84 Å². The van der Waals surface area contributed by atoms with Crippen LogP contribution in [-0.4, -0.2) is 45.7 Å². The zero-order chi connectivity index (χ0) is 14.8. The first-order valence-electron chi connectivity index (χ1n) is 8.04. The van der Waals surface area contributed by atoms with Gasteiger partial charge in [0.1, 0.15) is 9.84 Å². The van der Waals surface area contributed by atoms with E-state index in [1.807, 2.05) is 0 Å². The molecule has 0 saturated carbocycles. The first-order valence-corrected chi connectivity index (χ1v) is 10.1. The van der Waals surface area contributed by atoms with E-state index in [2.05, 4.69) is 12.2 Å². The standard InChI is InChI=1S/C15H31NO3S/c1-3-11-16-14(7-6-13-20(2,17)18)9-10-15-8-4-5-12-19-15/h14-16H,3-13H2,1-2H3. The number of ether oxygens (including phenoxy) is 1. The average Bonchev–Trinajstić information content (AvgIpc) is 2.41. The molecule has 0 amide bonds. The highest BCUT2D eigenvalue weighted by molar-refractivity contribution is 7.90. The Labute approximate surface area is 124 Å². The molecule has 120 valence electrons. The minimum Gasteiger partial charge on any atom is -0.378 e. The lowest BCUT2D eigenvalue weighted by molar-refractivity contribution is 0.00844. The van der Waals surface area contributed by atoms with Crippen LogP contribution in [0.1, 0.15) is 58.3 Å². The molecule has 0 bridgehead atoms. The van der Waals surface area contributed by atoms with Crippen LogP contribution in [0.5, 0.6) is 0 Å².